The SMILES string of the molecule is NNC(=O)CCOc1c(Cl)cccc1[N+](=O)[O-]. The number of hydrazine groups is 1. The van der Waals surface area contributed by atoms with Crippen molar-refractivity contribution in [3.05, 3.63) is 33.3 Å². The molecule has 8 heteroatoms. The molecule has 0 fully saturated rings. The van der Waals surface area contributed by atoms with Gasteiger partial charge in [-0.2, -0.15) is 0 Å². The first-order chi connectivity index (χ1) is 8.06. The molecular formula is C9H10ClN3O4. The number of rotatable bonds is 5. The maximum absolute atomic E-state index is 10.8. The molecule has 0 atom stereocenters. The van der Waals surface area contributed by atoms with Gasteiger partial charge < -0.3 is 4.74 Å². The summed E-state index contributed by atoms with van der Waals surface area (Å²) in [5.41, 5.74) is 1.67. The van der Waals surface area contributed by atoms with Gasteiger partial charge in [0.1, 0.15) is 0 Å². The van der Waals surface area contributed by atoms with Crippen LogP contribution in [0.5, 0.6) is 5.75 Å². The lowest BCUT2D eigenvalue weighted by Crippen LogP contribution is -2.31. The first-order valence-corrected chi connectivity index (χ1v) is 4.99. The van der Waals surface area contributed by atoms with Crippen molar-refractivity contribution < 1.29 is 14.5 Å². The third kappa shape index (κ3) is 3.58. The number of nitrogens with two attached hydrogens (primary N) is 1. The van der Waals surface area contributed by atoms with Crippen molar-refractivity contribution in [3.63, 3.8) is 0 Å². The van der Waals surface area contributed by atoms with Gasteiger partial charge in [0.2, 0.25) is 11.7 Å². The molecule has 0 aliphatic heterocycles. The zero-order chi connectivity index (χ0) is 12.8. The average molecular weight is 260 g/mol. The molecule has 0 heterocycles. The van der Waals surface area contributed by atoms with E-state index in [-0.39, 0.29) is 29.5 Å². The second-order valence-electron chi connectivity index (χ2n) is 3.01. The van der Waals surface area contributed by atoms with Crippen molar-refractivity contribution >= 4 is 23.2 Å². The normalized spacial score (nSPS) is 9.76. The Kier molecular flexibility index (Phi) is 4.68. The van der Waals surface area contributed by atoms with Crippen LogP contribution in [0.25, 0.3) is 0 Å². The number of nitrogens with one attached hydrogen (secondary N) is 1. The van der Waals surface area contributed by atoms with E-state index in [9.17, 15) is 14.9 Å². The summed E-state index contributed by atoms with van der Waals surface area (Å²) in [6, 6.07) is 4.18. The highest BCUT2D eigenvalue weighted by atomic mass is 35.5. The van der Waals surface area contributed by atoms with Crippen LogP contribution in [0.2, 0.25) is 5.02 Å². The fourth-order valence-corrected chi connectivity index (χ4v) is 1.33. The van der Waals surface area contributed by atoms with Crippen LogP contribution in [0.15, 0.2) is 18.2 Å². The number of benzene rings is 1. The molecule has 0 aliphatic rings. The molecule has 0 radical (unpaired) electrons. The van der Waals surface area contributed by atoms with Gasteiger partial charge in [0, 0.05) is 6.07 Å². The number of halogens is 1. The molecule has 0 aromatic heterocycles. The first-order valence-electron chi connectivity index (χ1n) is 4.61. The van der Waals surface area contributed by atoms with Gasteiger partial charge in [-0.05, 0) is 6.07 Å². The van der Waals surface area contributed by atoms with Crippen LogP contribution in [-0.2, 0) is 4.79 Å². The van der Waals surface area contributed by atoms with E-state index in [0.29, 0.717) is 0 Å². The van der Waals surface area contributed by atoms with Gasteiger partial charge in [-0.15, -0.1) is 0 Å². The summed E-state index contributed by atoms with van der Waals surface area (Å²) in [5.74, 6) is 4.39. The van der Waals surface area contributed by atoms with Gasteiger partial charge in [0.25, 0.3) is 0 Å². The summed E-state index contributed by atoms with van der Waals surface area (Å²) in [5, 5.41) is 10.8. The molecule has 0 unspecified atom stereocenters. The summed E-state index contributed by atoms with van der Waals surface area (Å²) < 4.78 is 5.11. The fourth-order valence-electron chi connectivity index (χ4n) is 1.10. The standard InChI is InChI=1S/C9H10ClN3O4/c10-6-2-1-3-7(13(15)16)9(6)17-5-4-8(14)12-11/h1-3H,4-5,11H2,(H,12,14). The molecule has 1 aromatic rings. The van der Waals surface area contributed by atoms with Crippen molar-refractivity contribution in [1.29, 1.82) is 0 Å². The van der Waals surface area contributed by atoms with E-state index in [0.717, 1.165) is 0 Å². The number of nitrogens with zero attached hydrogens (tertiary/aromatic N) is 1. The Balaban J connectivity index is 2.76. The highest BCUT2D eigenvalue weighted by Gasteiger charge is 2.18. The van der Waals surface area contributed by atoms with E-state index >= 15 is 0 Å². The lowest BCUT2D eigenvalue weighted by Gasteiger charge is -2.07. The van der Waals surface area contributed by atoms with E-state index < -0.39 is 10.8 Å². The van der Waals surface area contributed by atoms with Crippen LogP contribution in [-0.4, -0.2) is 17.4 Å². The lowest BCUT2D eigenvalue weighted by atomic mass is 10.3. The number of amides is 1. The molecule has 0 spiro atoms. The highest BCUT2D eigenvalue weighted by molar-refractivity contribution is 6.32. The monoisotopic (exact) mass is 259 g/mol. The van der Waals surface area contributed by atoms with Gasteiger partial charge in [0.05, 0.1) is 23.0 Å². The quantitative estimate of drug-likeness (QED) is 0.355. The van der Waals surface area contributed by atoms with E-state index in [2.05, 4.69) is 0 Å². The number of nitro groups is 1. The van der Waals surface area contributed by atoms with Crippen molar-refractivity contribution in [2.75, 3.05) is 6.61 Å². The van der Waals surface area contributed by atoms with Crippen molar-refractivity contribution in [1.82, 2.24) is 5.43 Å². The Morgan fingerprint density at radius 2 is 2.29 bits per heavy atom. The molecule has 0 saturated carbocycles. The van der Waals surface area contributed by atoms with Crippen molar-refractivity contribution in [2.45, 2.75) is 6.42 Å². The smallest absolute Gasteiger partial charge is 0.312 e. The van der Waals surface area contributed by atoms with Gasteiger partial charge in [0.15, 0.2) is 0 Å². The van der Waals surface area contributed by atoms with Gasteiger partial charge in [-0.1, -0.05) is 17.7 Å². The number of nitro benzene ring substituents is 1. The molecule has 1 amide bonds. The van der Waals surface area contributed by atoms with Crippen molar-refractivity contribution in [2.24, 2.45) is 5.84 Å². The Morgan fingerprint density at radius 1 is 1.59 bits per heavy atom. The number of hydrogen-bond donors (Lipinski definition) is 2. The Hall–Kier alpha value is -1.86. The van der Waals surface area contributed by atoms with Crippen LogP contribution >= 0.6 is 11.6 Å². The highest BCUT2D eigenvalue weighted by Crippen LogP contribution is 2.34. The minimum atomic E-state index is -0.607. The van der Waals surface area contributed by atoms with Crippen LogP contribution in [0.1, 0.15) is 6.42 Å². The third-order valence-electron chi connectivity index (χ3n) is 1.88. The zero-order valence-electron chi connectivity index (χ0n) is 8.68. The summed E-state index contributed by atoms with van der Waals surface area (Å²) in [7, 11) is 0. The summed E-state index contributed by atoms with van der Waals surface area (Å²) in [6.45, 7) is -0.0480. The molecule has 0 saturated heterocycles. The largest absolute Gasteiger partial charge is 0.485 e. The third-order valence-corrected chi connectivity index (χ3v) is 2.18. The molecular weight excluding hydrogens is 250 g/mol. The van der Waals surface area contributed by atoms with Crippen LogP contribution in [0, 0.1) is 10.1 Å². The number of hydrogen-bond acceptors (Lipinski definition) is 5. The molecule has 92 valence electrons. The molecule has 1 rings (SSSR count). The molecule has 7 nitrogen and oxygen atoms in total. The molecule has 3 N–H and O–H groups in total. The predicted octanol–water partition coefficient (Wildman–Crippen LogP) is 1.01. The van der Waals surface area contributed by atoms with E-state index in [4.69, 9.17) is 22.2 Å². The second kappa shape index (κ2) is 6.02. The number of para-hydroxylation sites is 1. The fraction of sp³-hybridized carbons (Fsp3) is 0.222. The maximum atomic E-state index is 10.8. The minimum absolute atomic E-state index is 0.0150. The molecule has 0 bridgehead atoms. The predicted molar refractivity (Wildman–Crippen MR) is 60.5 cm³/mol. The molecule has 1 aromatic carbocycles. The van der Waals surface area contributed by atoms with E-state index in [1.165, 1.54) is 18.2 Å². The maximum Gasteiger partial charge on any atom is 0.312 e. The van der Waals surface area contributed by atoms with Crippen LogP contribution in [0.4, 0.5) is 5.69 Å². The minimum Gasteiger partial charge on any atom is -0.485 e. The first kappa shape index (κ1) is 13.2. The van der Waals surface area contributed by atoms with Gasteiger partial charge in [-0.25, -0.2) is 5.84 Å². The van der Waals surface area contributed by atoms with E-state index in [1.54, 1.807) is 0 Å². The molecule has 0 aliphatic carbocycles. The summed E-state index contributed by atoms with van der Waals surface area (Å²) in [4.78, 5) is 20.9. The topological polar surface area (TPSA) is 107 Å². The second-order valence-corrected chi connectivity index (χ2v) is 3.42. The summed E-state index contributed by atoms with van der Waals surface area (Å²) in [6.07, 6.45) is -0.0150. The van der Waals surface area contributed by atoms with Gasteiger partial charge >= 0.3 is 5.69 Å². The lowest BCUT2D eigenvalue weighted by molar-refractivity contribution is -0.385. The van der Waals surface area contributed by atoms with Gasteiger partial charge in [-0.3, -0.25) is 20.3 Å². The zero-order valence-corrected chi connectivity index (χ0v) is 9.44. The average Bonchev–Trinajstić information content (AvgIpc) is 2.30. The summed E-state index contributed by atoms with van der Waals surface area (Å²) >= 11 is 5.77. The van der Waals surface area contributed by atoms with Crippen LogP contribution in [0.3, 0.4) is 0 Å². The number of ether oxygens (including phenoxy) is 1. The van der Waals surface area contributed by atoms with E-state index in [1.807, 2.05) is 5.43 Å². The van der Waals surface area contributed by atoms with Crippen molar-refractivity contribution in [3.8, 4) is 5.75 Å². The Morgan fingerprint density at radius 3 is 2.88 bits per heavy atom. The van der Waals surface area contributed by atoms with Crippen LogP contribution < -0.4 is 16.0 Å². The Labute approximate surface area is 102 Å². The molecule has 17 heavy (non-hydrogen) atoms. The number of carbonyl (C=O) groups excluding carboxylic acids is 1. The Bertz CT molecular complexity index is 438. The number of carbonyl (C=O) groups is 1.